The average molecular weight is 200 g/mol. The quantitative estimate of drug-likeness (QED) is 0.755. The summed E-state index contributed by atoms with van der Waals surface area (Å²) in [5, 5.41) is 0. The van der Waals surface area contributed by atoms with Crippen molar-refractivity contribution in [1.29, 1.82) is 0 Å². The Morgan fingerprint density at radius 1 is 1.14 bits per heavy atom. The topological polar surface area (TPSA) is 29.3 Å². The third-order valence-corrected chi connectivity index (χ3v) is 3.27. The van der Waals surface area contributed by atoms with Gasteiger partial charge in [0.25, 0.3) is 0 Å². The first-order valence-electron chi connectivity index (χ1n) is 5.62. The third-order valence-electron chi connectivity index (χ3n) is 3.27. The summed E-state index contributed by atoms with van der Waals surface area (Å²) in [5.74, 6) is 0.560. The molecule has 14 heavy (non-hydrogen) atoms. The zero-order chi connectivity index (χ0) is 11.5. The lowest BCUT2D eigenvalue weighted by Gasteiger charge is -2.37. The molecule has 0 aromatic carbocycles. The normalized spacial score (nSPS) is 17.6. The van der Waals surface area contributed by atoms with Crippen molar-refractivity contribution in [1.82, 2.24) is 4.90 Å². The monoisotopic (exact) mass is 200 g/mol. The number of hydrogen-bond donors (Lipinski definition) is 1. The fourth-order valence-corrected chi connectivity index (χ4v) is 1.36. The first-order valence-corrected chi connectivity index (χ1v) is 5.62. The van der Waals surface area contributed by atoms with Gasteiger partial charge in [-0.15, -0.1) is 0 Å². The summed E-state index contributed by atoms with van der Waals surface area (Å²) < 4.78 is 0. The Morgan fingerprint density at radius 3 is 1.86 bits per heavy atom. The van der Waals surface area contributed by atoms with E-state index in [0.717, 1.165) is 6.54 Å². The minimum absolute atomic E-state index is 0.282. The van der Waals surface area contributed by atoms with Crippen molar-refractivity contribution in [3.05, 3.63) is 0 Å². The van der Waals surface area contributed by atoms with E-state index in [-0.39, 0.29) is 6.04 Å². The van der Waals surface area contributed by atoms with E-state index in [4.69, 9.17) is 5.73 Å². The molecule has 0 rings (SSSR count). The molecule has 0 saturated heterocycles. The van der Waals surface area contributed by atoms with E-state index in [9.17, 15) is 0 Å². The highest BCUT2D eigenvalue weighted by atomic mass is 15.1. The van der Waals surface area contributed by atoms with Crippen LogP contribution in [0.25, 0.3) is 0 Å². The predicted molar refractivity (Wildman–Crippen MR) is 64.4 cm³/mol. The van der Waals surface area contributed by atoms with E-state index in [1.165, 1.54) is 0 Å². The summed E-state index contributed by atoms with van der Waals surface area (Å²) in [5.41, 5.74) is 6.38. The van der Waals surface area contributed by atoms with Gasteiger partial charge in [0, 0.05) is 18.6 Å². The molecular formula is C12H28N2. The largest absolute Gasteiger partial charge is 0.326 e. The fourth-order valence-electron chi connectivity index (χ4n) is 1.36. The molecule has 2 atom stereocenters. The molecule has 0 aliphatic carbocycles. The van der Waals surface area contributed by atoms with Crippen LogP contribution in [0, 0.1) is 11.3 Å². The second-order valence-corrected chi connectivity index (χ2v) is 5.89. The van der Waals surface area contributed by atoms with Gasteiger partial charge in [0.2, 0.25) is 0 Å². The van der Waals surface area contributed by atoms with Crippen molar-refractivity contribution in [3.8, 4) is 0 Å². The Kier molecular flexibility index (Phi) is 5.10. The number of likely N-dealkylation sites (N-methyl/N-ethyl adjacent to an activating group) is 1. The van der Waals surface area contributed by atoms with Crippen molar-refractivity contribution in [3.63, 3.8) is 0 Å². The lowest BCUT2D eigenvalue weighted by Crippen LogP contribution is -2.46. The molecule has 86 valence electrons. The lowest BCUT2D eigenvalue weighted by atomic mass is 9.86. The zero-order valence-electron chi connectivity index (χ0n) is 11.0. The predicted octanol–water partition coefficient (Wildman–Crippen LogP) is 2.34. The van der Waals surface area contributed by atoms with Gasteiger partial charge < -0.3 is 10.6 Å². The molecule has 2 heteroatoms. The molecule has 2 unspecified atom stereocenters. The van der Waals surface area contributed by atoms with Crippen molar-refractivity contribution in [2.45, 2.75) is 53.6 Å². The Hall–Kier alpha value is -0.0800. The van der Waals surface area contributed by atoms with Gasteiger partial charge >= 0.3 is 0 Å². The Bertz CT molecular complexity index is 158. The SMILES string of the molecule is CC(C)C(N)CN(C)C(C)C(C)(C)C. The first kappa shape index (κ1) is 13.9. The minimum Gasteiger partial charge on any atom is -0.326 e. The molecule has 0 amide bonds. The van der Waals surface area contributed by atoms with Crippen LogP contribution < -0.4 is 5.73 Å². The molecule has 0 spiro atoms. The molecular weight excluding hydrogens is 172 g/mol. The molecule has 0 bridgehead atoms. The smallest absolute Gasteiger partial charge is 0.0191 e. The molecule has 2 N–H and O–H groups in total. The minimum atomic E-state index is 0.282. The first-order chi connectivity index (χ1) is 6.16. The molecule has 0 aliphatic rings. The molecule has 0 heterocycles. The number of rotatable bonds is 4. The van der Waals surface area contributed by atoms with Crippen molar-refractivity contribution in [2.75, 3.05) is 13.6 Å². The molecule has 0 radical (unpaired) electrons. The maximum Gasteiger partial charge on any atom is 0.0191 e. The van der Waals surface area contributed by atoms with Crippen molar-refractivity contribution < 1.29 is 0 Å². The maximum atomic E-state index is 6.06. The maximum absolute atomic E-state index is 6.06. The Balaban J connectivity index is 4.15. The van der Waals surface area contributed by atoms with E-state index < -0.39 is 0 Å². The zero-order valence-corrected chi connectivity index (χ0v) is 11.0. The van der Waals surface area contributed by atoms with Gasteiger partial charge in [-0.1, -0.05) is 34.6 Å². The summed E-state index contributed by atoms with van der Waals surface area (Å²) >= 11 is 0. The fraction of sp³-hybridized carbons (Fsp3) is 1.00. The van der Waals surface area contributed by atoms with Crippen LogP contribution in [-0.4, -0.2) is 30.6 Å². The number of hydrogen-bond acceptors (Lipinski definition) is 2. The van der Waals surface area contributed by atoms with Gasteiger partial charge in [0.05, 0.1) is 0 Å². The highest BCUT2D eigenvalue weighted by molar-refractivity contribution is 4.80. The lowest BCUT2D eigenvalue weighted by molar-refractivity contribution is 0.128. The summed E-state index contributed by atoms with van der Waals surface area (Å²) in [6.45, 7) is 14.4. The van der Waals surface area contributed by atoms with Gasteiger partial charge in [-0.25, -0.2) is 0 Å². The average Bonchev–Trinajstić information content (AvgIpc) is 2.00. The standard InChI is InChI=1S/C12H28N2/c1-9(2)11(13)8-14(7)10(3)12(4,5)6/h9-11H,8,13H2,1-7H3. The van der Waals surface area contributed by atoms with Crippen LogP contribution in [0.5, 0.6) is 0 Å². The van der Waals surface area contributed by atoms with Crippen LogP contribution in [0.3, 0.4) is 0 Å². The van der Waals surface area contributed by atoms with Crippen molar-refractivity contribution >= 4 is 0 Å². The van der Waals surface area contributed by atoms with Crippen LogP contribution in [0.2, 0.25) is 0 Å². The van der Waals surface area contributed by atoms with Gasteiger partial charge in [-0.05, 0) is 25.3 Å². The van der Waals surface area contributed by atoms with E-state index >= 15 is 0 Å². The van der Waals surface area contributed by atoms with Crippen LogP contribution in [0.15, 0.2) is 0 Å². The van der Waals surface area contributed by atoms with Crippen LogP contribution in [-0.2, 0) is 0 Å². The van der Waals surface area contributed by atoms with Gasteiger partial charge in [0.15, 0.2) is 0 Å². The highest BCUT2D eigenvalue weighted by Gasteiger charge is 2.25. The van der Waals surface area contributed by atoms with Crippen LogP contribution >= 0.6 is 0 Å². The second kappa shape index (κ2) is 5.13. The summed E-state index contributed by atoms with van der Waals surface area (Å²) in [6, 6.07) is 0.845. The van der Waals surface area contributed by atoms with E-state index in [1.54, 1.807) is 0 Å². The summed E-state index contributed by atoms with van der Waals surface area (Å²) in [7, 11) is 2.16. The van der Waals surface area contributed by atoms with Gasteiger partial charge in [-0.3, -0.25) is 0 Å². The van der Waals surface area contributed by atoms with E-state index in [2.05, 4.69) is 53.5 Å². The van der Waals surface area contributed by atoms with E-state index in [0.29, 0.717) is 17.4 Å². The number of nitrogens with zero attached hydrogens (tertiary/aromatic N) is 1. The molecule has 0 fully saturated rings. The van der Waals surface area contributed by atoms with Crippen LogP contribution in [0.4, 0.5) is 0 Å². The van der Waals surface area contributed by atoms with Crippen LogP contribution in [0.1, 0.15) is 41.5 Å². The molecule has 0 aromatic heterocycles. The Labute approximate surface area is 89.9 Å². The third kappa shape index (κ3) is 4.43. The molecule has 2 nitrogen and oxygen atoms in total. The van der Waals surface area contributed by atoms with Gasteiger partial charge in [0.1, 0.15) is 0 Å². The number of nitrogens with two attached hydrogens (primary N) is 1. The van der Waals surface area contributed by atoms with Gasteiger partial charge in [-0.2, -0.15) is 0 Å². The highest BCUT2D eigenvalue weighted by Crippen LogP contribution is 2.23. The molecule has 0 saturated carbocycles. The van der Waals surface area contributed by atoms with Crippen molar-refractivity contribution in [2.24, 2.45) is 17.1 Å². The summed E-state index contributed by atoms with van der Waals surface area (Å²) in [4.78, 5) is 2.37. The summed E-state index contributed by atoms with van der Waals surface area (Å²) in [6.07, 6.45) is 0. The molecule has 0 aliphatic heterocycles. The Morgan fingerprint density at radius 2 is 1.57 bits per heavy atom. The van der Waals surface area contributed by atoms with E-state index in [1.807, 2.05) is 0 Å². The molecule has 0 aromatic rings. The second-order valence-electron chi connectivity index (χ2n) is 5.89.